The number of allylic oxidation sites excluding steroid dienone is 2. The van der Waals surface area contributed by atoms with Crippen molar-refractivity contribution in [3.05, 3.63) is 193 Å². The second kappa shape index (κ2) is 12.2. The number of rotatable bonds is 5. The van der Waals surface area contributed by atoms with E-state index < -0.39 is 5.41 Å². The summed E-state index contributed by atoms with van der Waals surface area (Å²) in [6, 6.07) is 58.7. The van der Waals surface area contributed by atoms with Crippen molar-refractivity contribution in [3.63, 3.8) is 0 Å². The van der Waals surface area contributed by atoms with Crippen molar-refractivity contribution in [2.45, 2.75) is 24.7 Å². The highest BCUT2D eigenvalue weighted by Gasteiger charge is 2.51. The maximum Gasteiger partial charge on any atom is 0.160 e. The van der Waals surface area contributed by atoms with Crippen molar-refractivity contribution in [2.75, 3.05) is 0 Å². The first-order chi connectivity index (χ1) is 26.8. The zero-order valence-corrected chi connectivity index (χ0v) is 29.7. The Balaban J connectivity index is 1.33. The van der Waals surface area contributed by atoms with Crippen LogP contribution in [0.25, 0.3) is 77.7 Å². The second-order valence-electron chi connectivity index (χ2n) is 14.7. The lowest BCUT2D eigenvalue weighted by Gasteiger charge is -2.40. The van der Waals surface area contributed by atoms with E-state index >= 15 is 0 Å². The highest BCUT2D eigenvalue weighted by molar-refractivity contribution is 6.21. The first kappa shape index (κ1) is 31.0. The predicted molar refractivity (Wildman–Crippen MR) is 221 cm³/mol. The van der Waals surface area contributed by atoms with Crippen LogP contribution in [-0.4, -0.2) is 9.97 Å². The van der Waals surface area contributed by atoms with Crippen LogP contribution in [0, 0.1) is 5.92 Å². The molecule has 1 unspecified atom stereocenters. The maximum atomic E-state index is 7.03. The Hall–Kier alpha value is -6.58. The molecule has 0 saturated carbocycles. The van der Waals surface area contributed by atoms with Gasteiger partial charge in [0.05, 0.1) is 16.8 Å². The molecule has 0 bridgehead atoms. The number of benzene rings is 7. The Morgan fingerprint density at radius 1 is 0.574 bits per heavy atom. The molecule has 2 heterocycles. The van der Waals surface area contributed by atoms with Gasteiger partial charge in [-0.25, -0.2) is 9.97 Å². The molecular weight excluding hydrogens is 657 g/mol. The summed E-state index contributed by atoms with van der Waals surface area (Å²) in [7, 11) is 0. The molecule has 0 aliphatic heterocycles. The molecule has 0 N–H and O–H groups in total. The van der Waals surface area contributed by atoms with Crippen molar-refractivity contribution < 1.29 is 4.42 Å². The fourth-order valence-corrected chi connectivity index (χ4v) is 9.53. The van der Waals surface area contributed by atoms with Crippen molar-refractivity contribution in [2.24, 2.45) is 5.92 Å². The van der Waals surface area contributed by atoms with Gasteiger partial charge in [-0.05, 0) is 82.0 Å². The van der Waals surface area contributed by atoms with Gasteiger partial charge in [-0.2, -0.15) is 0 Å². The summed E-state index contributed by atoms with van der Waals surface area (Å²) in [5.41, 5.74) is 12.6. The minimum atomic E-state index is -0.439. The van der Waals surface area contributed by atoms with Gasteiger partial charge >= 0.3 is 0 Å². The highest BCUT2D eigenvalue weighted by Crippen LogP contribution is 2.63. The van der Waals surface area contributed by atoms with Gasteiger partial charge in [-0.3, -0.25) is 0 Å². The van der Waals surface area contributed by atoms with Gasteiger partial charge in [0.25, 0.3) is 0 Å². The van der Waals surface area contributed by atoms with E-state index in [1.54, 1.807) is 0 Å². The number of aromatic nitrogens is 2. The molecule has 2 atom stereocenters. The van der Waals surface area contributed by atoms with E-state index in [2.05, 4.69) is 152 Å². The van der Waals surface area contributed by atoms with Crippen LogP contribution in [0.3, 0.4) is 0 Å². The summed E-state index contributed by atoms with van der Waals surface area (Å²) < 4.78 is 7.03. The highest BCUT2D eigenvalue weighted by atomic mass is 16.3. The Labute approximate surface area is 314 Å². The molecule has 256 valence electrons. The number of furan rings is 1. The van der Waals surface area contributed by atoms with Crippen molar-refractivity contribution in [3.8, 4) is 45.0 Å². The van der Waals surface area contributed by atoms with Crippen LogP contribution in [0.5, 0.6) is 0 Å². The second-order valence-corrected chi connectivity index (χ2v) is 14.7. The lowest BCUT2D eigenvalue weighted by Crippen LogP contribution is -2.36. The van der Waals surface area contributed by atoms with Gasteiger partial charge in [-0.1, -0.05) is 158 Å². The monoisotopic (exact) mass is 692 g/mol. The first-order valence-corrected chi connectivity index (χ1v) is 19.0. The van der Waals surface area contributed by atoms with Gasteiger partial charge in [0.1, 0.15) is 11.2 Å². The first-order valence-electron chi connectivity index (χ1n) is 19.0. The van der Waals surface area contributed by atoms with E-state index in [4.69, 9.17) is 14.4 Å². The number of hydrogen-bond donors (Lipinski definition) is 0. The van der Waals surface area contributed by atoms with Crippen molar-refractivity contribution in [1.29, 1.82) is 0 Å². The molecule has 2 aromatic heterocycles. The lowest BCUT2D eigenvalue weighted by atomic mass is 9.61. The molecule has 0 saturated heterocycles. The normalized spacial score (nSPS) is 17.6. The summed E-state index contributed by atoms with van der Waals surface area (Å²) in [5, 5.41) is 4.78. The topological polar surface area (TPSA) is 38.9 Å². The SMILES string of the molecule is C1=CC([C@]2(c3ccccc3)c3ccc4ccccc4c3-c3c2cc(-c2cc(-c4ccccc4)nc(-c4ccccc4)n2)c2oc4ccccc4c32)CCC1. The average Bonchev–Trinajstić information content (AvgIpc) is 3.79. The van der Waals surface area contributed by atoms with Gasteiger partial charge in [0.15, 0.2) is 5.82 Å². The van der Waals surface area contributed by atoms with Crippen molar-refractivity contribution >= 4 is 32.7 Å². The molecule has 3 heteroatoms. The molecule has 0 amide bonds. The Kier molecular flexibility index (Phi) is 7.03. The molecule has 3 nitrogen and oxygen atoms in total. The van der Waals surface area contributed by atoms with E-state index in [1.165, 1.54) is 38.6 Å². The minimum absolute atomic E-state index is 0.253. The third kappa shape index (κ3) is 4.55. The van der Waals surface area contributed by atoms with Crippen LogP contribution < -0.4 is 0 Å². The molecular formula is C51H36N2O. The maximum absolute atomic E-state index is 7.03. The molecule has 7 aromatic carbocycles. The molecule has 0 radical (unpaired) electrons. The zero-order chi connectivity index (χ0) is 35.6. The standard InChI is InChI=1S/C51H36N2O/c1-5-18-34(19-6-1)43-32-44(53-50(52-43)35-20-7-2-8-21-35)40-31-42-48(47-39-27-15-16-28-45(39)54-49(40)47)46-38-26-14-13-17-33(38)29-30-41(46)51(42,36-22-9-3-10-23-36)37-24-11-4-12-25-37/h1-3,5-11,13-24,26-32,37H,4,12,25H2/t37?,51-/m1/s1. The summed E-state index contributed by atoms with van der Waals surface area (Å²) in [5.74, 6) is 0.943. The Morgan fingerprint density at radius 2 is 1.26 bits per heavy atom. The van der Waals surface area contributed by atoms with E-state index in [0.29, 0.717) is 5.82 Å². The molecule has 2 aliphatic rings. The fourth-order valence-electron chi connectivity index (χ4n) is 9.53. The van der Waals surface area contributed by atoms with E-state index in [0.717, 1.165) is 69.3 Å². The Bertz CT molecular complexity index is 2850. The van der Waals surface area contributed by atoms with E-state index in [9.17, 15) is 0 Å². The smallest absolute Gasteiger partial charge is 0.160 e. The zero-order valence-electron chi connectivity index (χ0n) is 29.7. The Morgan fingerprint density at radius 3 is 2.04 bits per heavy atom. The van der Waals surface area contributed by atoms with Crippen LogP contribution in [-0.2, 0) is 5.41 Å². The number of hydrogen-bond acceptors (Lipinski definition) is 3. The van der Waals surface area contributed by atoms with Crippen LogP contribution in [0.1, 0.15) is 36.0 Å². The number of nitrogens with zero attached hydrogens (tertiary/aromatic N) is 2. The minimum Gasteiger partial charge on any atom is -0.455 e. The average molecular weight is 693 g/mol. The molecule has 54 heavy (non-hydrogen) atoms. The van der Waals surface area contributed by atoms with E-state index in [1.807, 2.05) is 24.3 Å². The van der Waals surface area contributed by atoms with Crippen LogP contribution in [0.2, 0.25) is 0 Å². The van der Waals surface area contributed by atoms with Gasteiger partial charge in [-0.15, -0.1) is 0 Å². The molecule has 0 fully saturated rings. The summed E-state index contributed by atoms with van der Waals surface area (Å²) >= 11 is 0. The predicted octanol–water partition coefficient (Wildman–Crippen LogP) is 13.2. The number of para-hydroxylation sites is 1. The van der Waals surface area contributed by atoms with Gasteiger partial charge in [0.2, 0.25) is 0 Å². The van der Waals surface area contributed by atoms with E-state index in [-0.39, 0.29) is 5.92 Å². The summed E-state index contributed by atoms with van der Waals surface area (Å²) in [6.45, 7) is 0. The van der Waals surface area contributed by atoms with Gasteiger partial charge < -0.3 is 4.42 Å². The molecule has 0 spiro atoms. The fraction of sp³-hybridized carbons (Fsp3) is 0.0980. The third-order valence-electron chi connectivity index (χ3n) is 11.8. The summed E-state index contributed by atoms with van der Waals surface area (Å²) in [6.07, 6.45) is 8.28. The van der Waals surface area contributed by atoms with Crippen molar-refractivity contribution in [1.82, 2.24) is 9.97 Å². The molecule has 9 aromatic rings. The van der Waals surface area contributed by atoms with Crippen LogP contribution >= 0.6 is 0 Å². The van der Waals surface area contributed by atoms with Crippen LogP contribution in [0.4, 0.5) is 0 Å². The largest absolute Gasteiger partial charge is 0.455 e. The van der Waals surface area contributed by atoms with Gasteiger partial charge in [0, 0.05) is 27.5 Å². The molecule has 11 rings (SSSR count). The summed E-state index contributed by atoms with van der Waals surface area (Å²) in [4.78, 5) is 10.6. The lowest BCUT2D eigenvalue weighted by molar-refractivity contribution is 0.405. The number of fused-ring (bicyclic) bond motifs is 9. The van der Waals surface area contributed by atoms with Crippen LogP contribution in [0.15, 0.2) is 180 Å². The third-order valence-corrected chi connectivity index (χ3v) is 11.8. The molecule has 2 aliphatic carbocycles. The quantitative estimate of drug-likeness (QED) is 0.169.